The van der Waals surface area contributed by atoms with Crippen molar-refractivity contribution in [2.45, 2.75) is 104 Å². The Morgan fingerprint density at radius 3 is 2.29 bits per heavy atom. The molecular formula is C26H46O2P2Y-2. The summed E-state index contributed by atoms with van der Waals surface area (Å²) in [7, 11) is 2.94. The van der Waals surface area contributed by atoms with Crippen LogP contribution in [0.2, 0.25) is 0 Å². The molecule has 2 nitrogen and oxygen atoms in total. The summed E-state index contributed by atoms with van der Waals surface area (Å²) >= 11 is 0. The van der Waals surface area contributed by atoms with Crippen molar-refractivity contribution < 1.29 is 41.8 Å². The van der Waals surface area contributed by atoms with E-state index >= 15 is 0 Å². The third-order valence-electron chi connectivity index (χ3n) is 10.4. The summed E-state index contributed by atoms with van der Waals surface area (Å²) in [5.74, 6) is 4.83. The molecule has 0 saturated heterocycles. The normalized spacial score (nSPS) is 47.1. The molecule has 4 aliphatic carbocycles. The molecule has 6 unspecified atom stereocenters. The van der Waals surface area contributed by atoms with Crippen molar-refractivity contribution in [2.75, 3.05) is 0 Å². The number of fused-ring (bicyclic) bond motifs is 5. The molecule has 0 aromatic heterocycles. The van der Waals surface area contributed by atoms with Crippen LogP contribution < -0.4 is 0 Å². The Morgan fingerprint density at radius 2 is 1.68 bits per heavy atom. The van der Waals surface area contributed by atoms with E-state index < -0.39 is 0 Å². The van der Waals surface area contributed by atoms with Gasteiger partial charge in [-0.2, -0.15) is 13.3 Å². The van der Waals surface area contributed by atoms with Gasteiger partial charge in [0, 0.05) is 47.8 Å². The molecule has 4 rings (SSSR count). The van der Waals surface area contributed by atoms with Gasteiger partial charge in [0.1, 0.15) is 0 Å². The predicted octanol–water partition coefficient (Wildman–Crippen LogP) is 8.18. The van der Waals surface area contributed by atoms with Gasteiger partial charge in [-0.1, -0.05) is 27.2 Å². The fraction of sp³-hybridized carbons (Fsp3) is 0.923. The van der Waals surface area contributed by atoms with E-state index in [1.165, 1.54) is 44.9 Å². The van der Waals surface area contributed by atoms with Crippen LogP contribution in [0.5, 0.6) is 0 Å². The first-order valence-corrected chi connectivity index (χ1v) is 13.9. The van der Waals surface area contributed by atoms with E-state index in [2.05, 4.69) is 44.1 Å². The summed E-state index contributed by atoms with van der Waals surface area (Å²) in [6.45, 7) is 16.8. The van der Waals surface area contributed by atoms with Crippen molar-refractivity contribution >= 4 is 17.9 Å². The maximum atomic E-state index is 11.6. The molecule has 0 aliphatic heterocycles. The maximum Gasteiger partial charge on any atom is 0.158 e. The summed E-state index contributed by atoms with van der Waals surface area (Å²) in [5, 5.41) is 0. The van der Waals surface area contributed by atoms with E-state index in [9.17, 15) is 4.57 Å². The second-order valence-corrected chi connectivity index (χ2v) is 12.5. The zero-order valence-corrected chi connectivity index (χ0v) is 25.4. The molecular weight excluding hydrogens is 495 g/mol. The Morgan fingerprint density at radius 1 is 1.03 bits per heavy atom. The van der Waals surface area contributed by atoms with Crippen LogP contribution in [-0.2, 0) is 41.8 Å². The van der Waals surface area contributed by atoms with E-state index in [1.54, 1.807) is 6.92 Å². The molecule has 0 spiro atoms. The average Bonchev–Trinajstić information content (AvgIpc) is 3.11. The number of rotatable bonds is 5. The summed E-state index contributed by atoms with van der Waals surface area (Å²) < 4.78 is 17.7. The molecule has 11 atom stereocenters. The van der Waals surface area contributed by atoms with Gasteiger partial charge >= 0.3 is 0 Å². The number of hydrogen-bond donors (Lipinski definition) is 0. The van der Waals surface area contributed by atoms with Crippen molar-refractivity contribution in [1.29, 1.82) is 0 Å². The Bertz CT molecular complexity index is 590. The minimum Gasteiger partial charge on any atom is -0.362 e. The van der Waals surface area contributed by atoms with Crippen LogP contribution in [-0.4, -0.2) is 11.8 Å². The largest absolute Gasteiger partial charge is 0.362 e. The van der Waals surface area contributed by atoms with Gasteiger partial charge in [0.15, 0.2) is 8.46 Å². The fourth-order valence-corrected chi connectivity index (χ4v) is 9.84. The molecule has 177 valence electrons. The van der Waals surface area contributed by atoms with Crippen LogP contribution in [0.1, 0.15) is 91.9 Å². The third-order valence-corrected chi connectivity index (χ3v) is 11.5. The Labute approximate surface area is 222 Å². The first kappa shape index (κ1) is 28.8. The molecule has 0 N–H and O–H groups in total. The van der Waals surface area contributed by atoms with E-state index in [4.69, 9.17) is 4.52 Å². The quantitative estimate of drug-likeness (QED) is 0.259. The molecule has 31 heavy (non-hydrogen) atoms. The monoisotopic (exact) mass is 541 g/mol. The minimum absolute atomic E-state index is 0. The Hall–Kier alpha value is 1.59. The predicted molar refractivity (Wildman–Crippen MR) is 131 cm³/mol. The second-order valence-electron chi connectivity index (χ2n) is 11.3. The van der Waals surface area contributed by atoms with Crippen LogP contribution in [0, 0.1) is 60.2 Å². The minimum atomic E-state index is 0. The molecule has 4 saturated carbocycles. The fourth-order valence-electron chi connectivity index (χ4n) is 8.99. The zero-order valence-electron chi connectivity index (χ0n) is 20.5. The Balaban J connectivity index is 0.00000111. The van der Waals surface area contributed by atoms with Crippen molar-refractivity contribution in [3.05, 3.63) is 13.8 Å². The second kappa shape index (κ2) is 12.0. The maximum absolute atomic E-state index is 11.6. The van der Waals surface area contributed by atoms with Gasteiger partial charge in [-0.15, -0.1) is 0 Å². The van der Waals surface area contributed by atoms with E-state index in [-0.39, 0.29) is 32.7 Å². The van der Waals surface area contributed by atoms with E-state index in [0.717, 1.165) is 48.9 Å². The van der Waals surface area contributed by atoms with Crippen molar-refractivity contribution in [2.24, 2.45) is 46.3 Å². The molecule has 0 amide bonds. The van der Waals surface area contributed by atoms with Gasteiger partial charge in [-0.3, -0.25) is 4.57 Å². The van der Waals surface area contributed by atoms with Crippen LogP contribution in [0.4, 0.5) is 0 Å². The molecule has 0 heterocycles. The van der Waals surface area contributed by atoms with Crippen LogP contribution in [0.25, 0.3) is 0 Å². The first-order valence-electron chi connectivity index (χ1n) is 12.6. The summed E-state index contributed by atoms with van der Waals surface area (Å²) in [6.07, 6.45) is 13.1. The van der Waals surface area contributed by atoms with Gasteiger partial charge in [-0.05, 0) is 97.7 Å². The molecule has 1 radical (unpaired) electrons. The number of hydrogen-bond acceptors (Lipinski definition) is 2. The SMILES string of the molecule is [CH2-]C.[CH2-]CCC(C)C1CCC2C3C[C@H](OP)[C@@H]4C[C@H](P=O)CC[C@]4(C)C3CC[C@]12C.[Y]. The Kier molecular flexibility index (Phi) is 11.2. The molecule has 0 aromatic rings. The van der Waals surface area contributed by atoms with Crippen LogP contribution in [0.15, 0.2) is 0 Å². The van der Waals surface area contributed by atoms with Gasteiger partial charge in [-0.25, -0.2) is 0 Å². The smallest absolute Gasteiger partial charge is 0.158 e. The van der Waals surface area contributed by atoms with Gasteiger partial charge in [0.2, 0.25) is 0 Å². The first-order chi connectivity index (χ1) is 14.4. The van der Waals surface area contributed by atoms with E-state index in [1.807, 2.05) is 0 Å². The van der Waals surface area contributed by atoms with Crippen LogP contribution in [0.3, 0.4) is 0 Å². The molecule has 5 heteroatoms. The summed E-state index contributed by atoms with van der Waals surface area (Å²) in [5.41, 5.74) is 1.25. The molecule has 0 bridgehead atoms. The van der Waals surface area contributed by atoms with Crippen molar-refractivity contribution in [3.8, 4) is 0 Å². The van der Waals surface area contributed by atoms with Gasteiger partial charge in [0.25, 0.3) is 0 Å². The third kappa shape index (κ3) is 5.11. The molecule has 4 aliphatic rings. The summed E-state index contributed by atoms with van der Waals surface area (Å²) in [6, 6.07) is 0. The van der Waals surface area contributed by atoms with Gasteiger partial charge in [0.05, 0.1) is 6.10 Å². The van der Waals surface area contributed by atoms with Crippen LogP contribution >= 0.6 is 17.9 Å². The van der Waals surface area contributed by atoms with Crippen molar-refractivity contribution in [3.63, 3.8) is 0 Å². The zero-order chi connectivity index (χ0) is 22.1. The average molecular weight is 542 g/mol. The summed E-state index contributed by atoms with van der Waals surface area (Å²) in [4.78, 5) is 0. The topological polar surface area (TPSA) is 26.3 Å². The van der Waals surface area contributed by atoms with Crippen molar-refractivity contribution in [1.82, 2.24) is 0 Å². The molecule has 0 aromatic carbocycles. The standard InChI is InChI=1S/C24H41O2P2.C2H5.Y/c1-5-6-15(2)18-7-8-19-17-14-22(26-27)21-13-16(28-25)9-11-24(21,4)20(17)10-12-23(18,19)3;1-2;/h15-22H,1,5-14,27H2,2-4H3;1H2,2H3;/q2*-1;/t15?,16-,17?,18?,19?,20?,21+,22+,23-,24-;;/m1../s1. The molecule has 4 fully saturated rings. The van der Waals surface area contributed by atoms with E-state index in [0.29, 0.717) is 37.0 Å². The van der Waals surface area contributed by atoms with Gasteiger partial charge < -0.3 is 18.4 Å².